The van der Waals surface area contributed by atoms with Crippen molar-refractivity contribution in [3.05, 3.63) is 12.8 Å². The number of thiol groups is 1. The first-order chi connectivity index (χ1) is 10.3. The van der Waals surface area contributed by atoms with E-state index < -0.39 is 42.4 Å². The fourth-order valence-electron chi connectivity index (χ4n) is 1.32. The van der Waals surface area contributed by atoms with Crippen LogP contribution in [0.5, 0.6) is 0 Å². The van der Waals surface area contributed by atoms with Gasteiger partial charge < -0.3 is 26.2 Å². The third-order valence-electron chi connectivity index (χ3n) is 2.43. The molecule has 9 nitrogen and oxygen atoms in total. The average Bonchev–Trinajstić information content (AvgIpc) is 2.47. The highest BCUT2D eigenvalue weighted by Gasteiger charge is 2.21. The first kappa shape index (κ1) is 19.9. The van der Waals surface area contributed by atoms with E-state index >= 15 is 0 Å². The summed E-state index contributed by atoms with van der Waals surface area (Å²) in [5.41, 5.74) is 5.49. The Balaban J connectivity index is 4.25. The Morgan fingerprint density at radius 2 is 2.00 bits per heavy atom. The van der Waals surface area contributed by atoms with E-state index in [4.69, 9.17) is 10.8 Å². The quantitative estimate of drug-likeness (QED) is 0.184. The molecule has 0 aromatic rings. The number of nitrogens with two attached hydrogens (primary N) is 1. The number of hydrogen-bond acceptors (Lipinski definition) is 7. The number of carboxylic acids is 1. The van der Waals surface area contributed by atoms with Crippen molar-refractivity contribution in [2.45, 2.75) is 24.9 Å². The summed E-state index contributed by atoms with van der Waals surface area (Å²) in [6.07, 6.45) is 0.852. The molecule has 0 rings (SSSR count). The normalized spacial score (nSPS) is 12.6. The van der Waals surface area contributed by atoms with Crippen LogP contribution in [0, 0.1) is 0 Å². The van der Waals surface area contributed by atoms with Gasteiger partial charge >= 0.3 is 11.9 Å². The summed E-state index contributed by atoms with van der Waals surface area (Å²) >= 11 is 3.91. The van der Waals surface area contributed by atoms with E-state index in [9.17, 15) is 19.2 Å². The molecular formula is C12H19N3O6S. The molecule has 0 saturated heterocycles. The van der Waals surface area contributed by atoms with Crippen LogP contribution in [-0.4, -0.2) is 53.2 Å². The van der Waals surface area contributed by atoms with E-state index in [2.05, 4.69) is 34.6 Å². The molecule has 0 aliphatic rings. The number of nitrogens with one attached hydrogen (secondary N) is 2. The Labute approximate surface area is 132 Å². The van der Waals surface area contributed by atoms with E-state index in [1.165, 1.54) is 0 Å². The van der Waals surface area contributed by atoms with Gasteiger partial charge in [0.25, 0.3) is 0 Å². The summed E-state index contributed by atoms with van der Waals surface area (Å²) in [5.74, 6) is -3.12. The topological polar surface area (TPSA) is 148 Å². The fourth-order valence-corrected chi connectivity index (χ4v) is 1.58. The van der Waals surface area contributed by atoms with Crippen molar-refractivity contribution in [1.29, 1.82) is 0 Å². The second-order valence-electron chi connectivity index (χ2n) is 4.16. The van der Waals surface area contributed by atoms with Crippen LogP contribution in [0.1, 0.15) is 12.8 Å². The fraction of sp³-hybridized carbons (Fsp3) is 0.500. The lowest BCUT2D eigenvalue weighted by Gasteiger charge is -2.16. The maximum atomic E-state index is 11.7. The summed E-state index contributed by atoms with van der Waals surface area (Å²) < 4.78 is 4.47. The molecule has 10 heteroatoms. The van der Waals surface area contributed by atoms with Gasteiger partial charge in [-0.1, -0.05) is 6.58 Å². The lowest BCUT2D eigenvalue weighted by molar-refractivity contribution is -0.139. The Morgan fingerprint density at radius 1 is 1.36 bits per heavy atom. The first-order valence-electron chi connectivity index (χ1n) is 6.28. The van der Waals surface area contributed by atoms with Crippen molar-refractivity contribution in [2.24, 2.45) is 5.73 Å². The molecule has 0 aliphatic carbocycles. The average molecular weight is 333 g/mol. The molecule has 22 heavy (non-hydrogen) atoms. The van der Waals surface area contributed by atoms with Crippen LogP contribution in [0.4, 0.5) is 0 Å². The summed E-state index contributed by atoms with van der Waals surface area (Å²) in [5, 5.41) is 12.9. The molecule has 0 heterocycles. The number of esters is 1. The summed E-state index contributed by atoms with van der Waals surface area (Å²) in [7, 11) is 0. The van der Waals surface area contributed by atoms with Crippen LogP contribution in [0.2, 0.25) is 0 Å². The Hall–Kier alpha value is -2.07. The van der Waals surface area contributed by atoms with Gasteiger partial charge in [0.1, 0.15) is 18.6 Å². The third-order valence-corrected chi connectivity index (χ3v) is 2.80. The van der Waals surface area contributed by atoms with Gasteiger partial charge in [-0.2, -0.15) is 12.6 Å². The lowest BCUT2D eigenvalue weighted by Crippen LogP contribution is -2.49. The number of rotatable bonds is 10. The Morgan fingerprint density at radius 3 is 2.50 bits per heavy atom. The molecule has 0 aliphatic heterocycles. The SMILES string of the molecule is C=COC(=O)C(N)CCC(=O)NC(CS)C(=O)NCC(=O)O. The van der Waals surface area contributed by atoms with Crippen molar-refractivity contribution < 1.29 is 29.0 Å². The molecule has 2 unspecified atom stereocenters. The minimum absolute atomic E-state index is 0.0122. The molecule has 0 fully saturated rings. The van der Waals surface area contributed by atoms with Crippen LogP contribution in [0.3, 0.4) is 0 Å². The zero-order valence-electron chi connectivity index (χ0n) is 11.8. The van der Waals surface area contributed by atoms with E-state index in [0.717, 1.165) is 6.26 Å². The second kappa shape index (κ2) is 10.6. The number of aliphatic carboxylic acids is 1. The molecule has 0 spiro atoms. The van der Waals surface area contributed by atoms with Crippen molar-refractivity contribution in [3.8, 4) is 0 Å². The molecule has 0 radical (unpaired) electrons. The minimum Gasteiger partial charge on any atom is -0.480 e. The Bertz CT molecular complexity index is 443. The van der Waals surface area contributed by atoms with Gasteiger partial charge in [0.15, 0.2) is 0 Å². The van der Waals surface area contributed by atoms with Gasteiger partial charge in [-0.3, -0.25) is 14.4 Å². The standard InChI is InChI=1S/C12H19N3O6S/c1-2-21-12(20)7(13)3-4-9(16)15-8(6-22)11(19)14-5-10(17)18/h2,7-8,22H,1,3-6,13H2,(H,14,19)(H,15,16)(H,17,18). The molecule has 2 atom stereocenters. The van der Waals surface area contributed by atoms with Crippen molar-refractivity contribution in [2.75, 3.05) is 12.3 Å². The van der Waals surface area contributed by atoms with Crippen LogP contribution in [-0.2, 0) is 23.9 Å². The number of ether oxygens (including phenoxy) is 1. The molecule has 0 aromatic heterocycles. The highest BCUT2D eigenvalue weighted by Crippen LogP contribution is 1.99. The largest absolute Gasteiger partial charge is 0.480 e. The number of hydrogen-bond donors (Lipinski definition) is 5. The van der Waals surface area contributed by atoms with Crippen LogP contribution < -0.4 is 16.4 Å². The molecular weight excluding hydrogens is 314 g/mol. The van der Waals surface area contributed by atoms with Gasteiger partial charge in [0.05, 0.1) is 6.26 Å². The van der Waals surface area contributed by atoms with E-state index in [1.54, 1.807) is 0 Å². The number of carboxylic acid groups (broad SMARTS) is 1. The van der Waals surface area contributed by atoms with Gasteiger partial charge in [0, 0.05) is 12.2 Å². The van der Waals surface area contributed by atoms with Gasteiger partial charge in [-0.05, 0) is 6.42 Å². The van der Waals surface area contributed by atoms with Crippen LogP contribution in [0.25, 0.3) is 0 Å². The maximum Gasteiger partial charge on any atom is 0.327 e. The molecule has 0 bridgehead atoms. The summed E-state index contributed by atoms with van der Waals surface area (Å²) in [6, 6.07) is -1.97. The number of carbonyl (C=O) groups excluding carboxylic acids is 3. The number of amides is 2. The molecule has 2 amide bonds. The van der Waals surface area contributed by atoms with Gasteiger partial charge in [0.2, 0.25) is 11.8 Å². The predicted octanol–water partition coefficient (Wildman–Crippen LogP) is -1.60. The minimum atomic E-state index is -1.20. The third kappa shape index (κ3) is 8.27. The summed E-state index contributed by atoms with van der Waals surface area (Å²) in [6.45, 7) is 2.65. The highest BCUT2D eigenvalue weighted by molar-refractivity contribution is 7.80. The first-order valence-corrected chi connectivity index (χ1v) is 6.91. The molecule has 5 N–H and O–H groups in total. The van der Waals surface area contributed by atoms with Gasteiger partial charge in [-0.15, -0.1) is 0 Å². The smallest absolute Gasteiger partial charge is 0.327 e. The predicted molar refractivity (Wildman–Crippen MR) is 79.9 cm³/mol. The van der Waals surface area contributed by atoms with E-state index in [0.29, 0.717) is 0 Å². The van der Waals surface area contributed by atoms with E-state index in [-0.39, 0.29) is 18.6 Å². The Kier molecular flexibility index (Phi) is 9.63. The van der Waals surface area contributed by atoms with Crippen molar-refractivity contribution in [3.63, 3.8) is 0 Å². The van der Waals surface area contributed by atoms with Crippen molar-refractivity contribution >= 4 is 36.4 Å². The van der Waals surface area contributed by atoms with E-state index in [1.807, 2.05) is 0 Å². The summed E-state index contributed by atoms with van der Waals surface area (Å²) in [4.78, 5) is 44.8. The number of carbonyl (C=O) groups is 4. The second-order valence-corrected chi connectivity index (χ2v) is 4.53. The van der Waals surface area contributed by atoms with Gasteiger partial charge in [-0.25, -0.2) is 4.79 Å². The van der Waals surface area contributed by atoms with Crippen LogP contribution in [0.15, 0.2) is 12.8 Å². The highest BCUT2D eigenvalue weighted by atomic mass is 32.1. The zero-order chi connectivity index (χ0) is 17.1. The van der Waals surface area contributed by atoms with Crippen LogP contribution >= 0.6 is 12.6 Å². The lowest BCUT2D eigenvalue weighted by atomic mass is 10.1. The molecule has 124 valence electrons. The maximum absolute atomic E-state index is 11.7. The molecule has 0 saturated carbocycles. The monoisotopic (exact) mass is 333 g/mol. The van der Waals surface area contributed by atoms with Crippen molar-refractivity contribution in [1.82, 2.24) is 10.6 Å². The zero-order valence-corrected chi connectivity index (χ0v) is 12.7. The molecule has 0 aromatic carbocycles.